The van der Waals surface area contributed by atoms with Gasteiger partial charge >= 0.3 is 6.61 Å². The number of ether oxygens (including phenoxy) is 1. The first-order valence-corrected chi connectivity index (χ1v) is 10.5. The van der Waals surface area contributed by atoms with Gasteiger partial charge < -0.3 is 20.5 Å². The Bertz CT molecular complexity index is 1320. The fourth-order valence-electron chi connectivity index (χ4n) is 4.58. The second-order valence-electron chi connectivity index (χ2n) is 8.48. The molecule has 11 heteroatoms. The number of amides is 1. The molecule has 2 aromatic heterocycles. The van der Waals surface area contributed by atoms with Gasteiger partial charge in [0.15, 0.2) is 5.75 Å². The van der Waals surface area contributed by atoms with Crippen molar-refractivity contribution in [2.75, 3.05) is 5.32 Å². The van der Waals surface area contributed by atoms with Crippen LogP contribution in [0.5, 0.6) is 5.75 Å². The number of nitrogens with one attached hydrogen (secondary N) is 2. The molecule has 1 fully saturated rings. The molecule has 3 aromatic rings. The smallest absolute Gasteiger partial charge is 0.387 e. The highest BCUT2D eigenvalue weighted by molar-refractivity contribution is 5.99. The van der Waals surface area contributed by atoms with Crippen LogP contribution in [-0.4, -0.2) is 37.8 Å². The Morgan fingerprint density at radius 3 is 2.88 bits per heavy atom. The molecule has 33 heavy (non-hydrogen) atoms. The summed E-state index contributed by atoms with van der Waals surface area (Å²) >= 11 is 0. The molecule has 5 rings (SSSR count). The van der Waals surface area contributed by atoms with Crippen LogP contribution in [-0.2, 0) is 6.54 Å². The normalized spacial score (nSPS) is 22.0. The van der Waals surface area contributed by atoms with Gasteiger partial charge in [-0.05, 0) is 49.9 Å². The minimum atomic E-state index is -3.17. The van der Waals surface area contributed by atoms with E-state index in [1.54, 1.807) is 19.1 Å². The van der Waals surface area contributed by atoms with Crippen molar-refractivity contribution in [1.29, 1.82) is 0 Å². The maximum atomic E-state index is 13.1. The number of anilines is 2. The first-order valence-electron chi connectivity index (χ1n) is 10.5. The molecule has 1 aliphatic carbocycles. The number of hydrogen-bond acceptors (Lipinski definition) is 7. The molecular formula is C22H21F2N5O4. The Labute approximate surface area is 186 Å². The van der Waals surface area contributed by atoms with E-state index in [1.807, 2.05) is 6.07 Å². The third kappa shape index (κ3) is 3.78. The number of aliphatic hydroxyl groups is 1. The second kappa shape index (κ2) is 7.77. The molecule has 1 aromatic carbocycles. The van der Waals surface area contributed by atoms with E-state index in [0.717, 1.165) is 5.56 Å². The maximum Gasteiger partial charge on any atom is 0.387 e. The van der Waals surface area contributed by atoms with Crippen molar-refractivity contribution < 1.29 is 23.4 Å². The molecule has 2 aliphatic rings. The van der Waals surface area contributed by atoms with Gasteiger partial charge in [0.2, 0.25) is 5.95 Å². The van der Waals surface area contributed by atoms with Gasteiger partial charge in [-0.3, -0.25) is 14.2 Å². The average molecular weight is 457 g/mol. The molecule has 0 saturated heterocycles. The zero-order chi connectivity index (χ0) is 23.3. The summed E-state index contributed by atoms with van der Waals surface area (Å²) in [4.78, 5) is 33.7. The quantitative estimate of drug-likeness (QED) is 0.539. The van der Waals surface area contributed by atoms with E-state index in [1.165, 1.54) is 16.8 Å². The van der Waals surface area contributed by atoms with Crippen LogP contribution < -0.4 is 20.9 Å². The van der Waals surface area contributed by atoms with Crippen LogP contribution in [0.3, 0.4) is 0 Å². The van der Waals surface area contributed by atoms with Crippen molar-refractivity contribution in [3.8, 4) is 5.75 Å². The Balaban J connectivity index is 1.61. The van der Waals surface area contributed by atoms with E-state index in [4.69, 9.17) is 0 Å². The van der Waals surface area contributed by atoms with Gasteiger partial charge in [-0.1, -0.05) is 6.07 Å². The number of aromatic nitrogens is 3. The number of hydrogen-bond donors (Lipinski definition) is 3. The van der Waals surface area contributed by atoms with Gasteiger partial charge in [0.05, 0.1) is 11.6 Å². The van der Waals surface area contributed by atoms with Crippen LogP contribution in [0.25, 0.3) is 11.0 Å². The molecule has 1 aliphatic heterocycles. The molecule has 3 heterocycles. The lowest BCUT2D eigenvalue weighted by Gasteiger charge is -2.28. The number of carbonyl (C=O) groups excluding carboxylic acids is 1. The first-order chi connectivity index (χ1) is 15.7. The minimum Gasteiger partial charge on any atom is -0.429 e. The Morgan fingerprint density at radius 1 is 1.33 bits per heavy atom. The van der Waals surface area contributed by atoms with Crippen LogP contribution >= 0.6 is 0 Å². The van der Waals surface area contributed by atoms with Gasteiger partial charge in [-0.2, -0.15) is 13.8 Å². The molecule has 2 atom stereocenters. The van der Waals surface area contributed by atoms with E-state index in [2.05, 4.69) is 25.3 Å². The summed E-state index contributed by atoms with van der Waals surface area (Å²) in [6.07, 6.45) is 2.99. The average Bonchev–Trinajstić information content (AvgIpc) is 3.30. The van der Waals surface area contributed by atoms with Gasteiger partial charge in [-0.15, -0.1) is 0 Å². The van der Waals surface area contributed by atoms with E-state index in [9.17, 15) is 23.5 Å². The minimum absolute atomic E-state index is 0.147. The molecule has 0 bridgehead atoms. The van der Waals surface area contributed by atoms with Gasteiger partial charge in [0, 0.05) is 29.4 Å². The predicted octanol–water partition coefficient (Wildman–Crippen LogP) is 2.86. The lowest BCUT2D eigenvalue weighted by Crippen LogP contribution is -2.38. The molecule has 0 radical (unpaired) electrons. The molecule has 9 nitrogen and oxygen atoms in total. The maximum absolute atomic E-state index is 13.1. The highest BCUT2D eigenvalue weighted by atomic mass is 19.3. The summed E-state index contributed by atoms with van der Waals surface area (Å²) in [5.41, 5.74) is 0.178. The number of fused-ring (bicyclic) bond motifs is 2. The Kier molecular flexibility index (Phi) is 5.00. The van der Waals surface area contributed by atoms with Crippen molar-refractivity contribution in [2.45, 2.75) is 51.0 Å². The van der Waals surface area contributed by atoms with Crippen LogP contribution in [0.15, 0.2) is 35.3 Å². The molecule has 172 valence electrons. The van der Waals surface area contributed by atoms with Crippen LogP contribution in [0, 0.1) is 0 Å². The zero-order valence-electron chi connectivity index (χ0n) is 17.6. The topological polar surface area (TPSA) is 118 Å². The largest absolute Gasteiger partial charge is 0.429 e. The molecular weight excluding hydrogens is 436 g/mol. The molecule has 1 amide bonds. The van der Waals surface area contributed by atoms with E-state index in [0.29, 0.717) is 42.4 Å². The third-order valence-electron chi connectivity index (χ3n) is 6.20. The fraction of sp³-hybridized carbons (Fsp3) is 0.364. The molecule has 1 saturated carbocycles. The summed E-state index contributed by atoms with van der Waals surface area (Å²) in [7, 11) is 0. The number of benzene rings is 1. The lowest BCUT2D eigenvalue weighted by molar-refractivity contribution is -0.0513. The molecule has 3 N–H and O–H groups in total. The number of halogens is 2. The summed E-state index contributed by atoms with van der Waals surface area (Å²) in [6.45, 7) is -1.09. The number of rotatable bonds is 5. The standard InChI is InChI=1S/C22H21F2N5O4/c1-22(32)6-2-3-16(22)29-17-12(7-15(19(29)31)33-20(23)24)10-26-21(28-17)27-13-5-4-11-9-25-18(30)14(11)8-13/h4-5,7-8,10,16,20,32H,2-3,6,9H2,1H3,(H,25,30)(H,26,27,28)/t16-,22-/m1/s1. The number of alkyl halides is 2. The van der Waals surface area contributed by atoms with Crippen molar-refractivity contribution in [2.24, 2.45) is 0 Å². The van der Waals surface area contributed by atoms with Crippen molar-refractivity contribution in [3.05, 3.63) is 51.9 Å². The fourth-order valence-corrected chi connectivity index (χ4v) is 4.58. The Hall–Kier alpha value is -3.60. The number of pyridine rings is 1. The van der Waals surface area contributed by atoms with E-state index >= 15 is 0 Å². The monoisotopic (exact) mass is 457 g/mol. The summed E-state index contributed by atoms with van der Waals surface area (Å²) in [6, 6.07) is 5.78. The number of nitrogens with zero attached hydrogens (tertiary/aromatic N) is 3. The van der Waals surface area contributed by atoms with Crippen molar-refractivity contribution in [1.82, 2.24) is 19.9 Å². The van der Waals surface area contributed by atoms with Gasteiger partial charge in [-0.25, -0.2) is 4.98 Å². The highest BCUT2D eigenvalue weighted by Crippen LogP contribution is 2.40. The highest BCUT2D eigenvalue weighted by Gasteiger charge is 2.40. The zero-order valence-corrected chi connectivity index (χ0v) is 17.6. The number of carbonyl (C=O) groups is 1. The third-order valence-corrected chi connectivity index (χ3v) is 6.20. The Morgan fingerprint density at radius 2 is 2.15 bits per heavy atom. The molecule has 0 unspecified atom stereocenters. The second-order valence-corrected chi connectivity index (χ2v) is 8.48. The van der Waals surface area contributed by atoms with Crippen LogP contribution in [0.1, 0.15) is 48.1 Å². The summed E-state index contributed by atoms with van der Waals surface area (Å²) < 4.78 is 31.5. The predicted molar refractivity (Wildman–Crippen MR) is 115 cm³/mol. The van der Waals surface area contributed by atoms with E-state index < -0.39 is 29.6 Å². The van der Waals surface area contributed by atoms with Crippen molar-refractivity contribution in [3.63, 3.8) is 0 Å². The van der Waals surface area contributed by atoms with Gasteiger partial charge in [0.25, 0.3) is 11.5 Å². The van der Waals surface area contributed by atoms with Crippen LogP contribution in [0.4, 0.5) is 20.4 Å². The first kappa shape index (κ1) is 21.3. The van der Waals surface area contributed by atoms with Crippen molar-refractivity contribution >= 4 is 28.6 Å². The van der Waals surface area contributed by atoms with Gasteiger partial charge in [0.1, 0.15) is 5.65 Å². The SMILES string of the molecule is C[C@@]1(O)CCC[C@H]1n1c(=O)c(OC(F)F)cc2cnc(Nc3ccc4c(c3)C(=O)NC4)nc21. The van der Waals surface area contributed by atoms with E-state index in [-0.39, 0.29) is 17.5 Å². The summed E-state index contributed by atoms with van der Waals surface area (Å²) in [5.74, 6) is -0.555. The summed E-state index contributed by atoms with van der Waals surface area (Å²) in [5, 5.41) is 16.9. The lowest BCUT2D eigenvalue weighted by atomic mass is 10.00. The van der Waals surface area contributed by atoms with Crippen LogP contribution in [0.2, 0.25) is 0 Å². The molecule has 0 spiro atoms.